The number of unbranched alkanes of at least 4 members (excludes halogenated alkanes) is 1. The Morgan fingerprint density at radius 1 is 1.00 bits per heavy atom. The molecular formula is C25H32N8. The summed E-state index contributed by atoms with van der Waals surface area (Å²) in [6.45, 7) is 7.37. The van der Waals surface area contributed by atoms with Crippen LogP contribution in [0.3, 0.4) is 0 Å². The highest BCUT2D eigenvalue weighted by molar-refractivity contribution is 5.78. The first-order chi connectivity index (χ1) is 16.2. The first-order valence-corrected chi connectivity index (χ1v) is 11.9. The molecule has 4 aromatic rings. The highest BCUT2D eigenvalue weighted by Gasteiger charge is 2.15. The van der Waals surface area contributed by atoms with Crippen molar-refractivity contribution in [1.82, 2.24) is 40.4 Å². The molecule has 0 aliphatic rings. The lowest BCUT2D eigenvalue weighted by Crippen LogP contribution is -2.08. The summed E-state index contributed by atoms with van der Waals surface area (Å²) in [5, 5.41) is 19.2. The van der Waals surface area contributed by atoms with E-state index >= 15 is 0 Å². The molecule has 1 N–H and O–H groups in total. The Morgan fingerprint density at radius 2 is 1.82 bits per heavy atom. The molecule has 0 radical (unpaired) electrons. The summed E-state index contributed by atoms with van der Waals surface area (Å²) >= 11 is 0. The molecule has 1 aromatic carbocycles. The second-order valence-corrected chi connectivity index (χ2v) is 8.44. The van der Waals surface area contributed by atoms with E-state index in [2.05, 4.69) is 52.1 Å². The maximum absolute atomic E-state index is 4.89. The summed E-state index contributed by atoms with van der Waals surface area (Å²) < 4.78 is 2.07. The predicted octanol–water partition coefficient (Wildman–Crippen LogP) is 4.89. The van der Waals surface area contributed by atoms with Crippen molar-refractivity contribution in [1.29, 1.82) is 0 Å². The van der Waals surface area contributed by atoms with Crippen LogP contribution in [0.25, 0.3) is 22.6 Å². The Hall–Kier alpha value is -3.42. The van der Waals surface area contributed by atoms with Crippen LogP contribution in [0.5, 0.6) is 0 Å². The van der Waals surface area contributed by atoms with Crippen molar-refractivity contribution in [2.45, 2.75) is 65.8 Å². The summed E-state index contributed by atoms with van der Waals surface area (Å²) in [5.41, 5.74) is 3.89. The van der Waals surface area contributed by atoms with Crippen molar-refractivity contribution in [3.63, 3.8) is 0 Å². The number of benzene rings is 1. The van der Waals surface area contributed by atoms with E-state index in [-0.39, 0.29) is 0 Å². The summed E-state index contributed by atoms with van der Waals surface area (Å²) in [6, 6.07) is 12.1. The summed E-state index contributed by atoms with van der Waals surface area (Å²) in [5.74, 6) is 3.31. The van der Waals surface area contributed by atoms with Crippen molar-refractivity contribution >= 4 is 0 Å². The van der Waals surface area contributed by atoms with Gasteiger partial charge in [-0.15, -0.1) is 5.10 Å². The van der Waals surface area contributed by atoms with E-state index in [1.54, 1.807) is 0 Å². The van der Waals surface area contributed by atoms with Crippen molar-refractivity contribution in [2.24, 2.45) is 5.92 Å². The van der Waals surface area contributed by atoms with E-state index in [9.17, 15) is 0 Å². The topological polar surface area (TPSA) is 98.1 Å². The van der Waals surface area contributed by atoms with Gasteiger partial charge in [-0.2, -0.15) is 5.10 Å². The van der Waals surface area contributed by atoms with Crippen LogP contribution < -0.4 is 0 Å². The highest BCUT2D eigenvalue weighted by Crippen LogP contribution is 2.28. The van der Waals surface area contributed by atoms with Crippen molar-refractivity contribution in [2.75, 3.05) is 0 Å². The number of rotatable bonds is 11. The van der Waals surface area contributed by atoms with E-state index in [1.165, 1.54) is 0 Å². The minimum Gasteiger partial charge on any atom is -0.256 e. The molecule has 0 fully saturated rings. The van der Waals surface area contributed by atoms with E-state index in [4.69, 9.17) is 15.1 Å². The van der Waals surface area contributed by atoms with Crippen LogP contribution >= 0.6 is 0 Å². The van der Waals surface area contributed by atoms with Crippen LogP contribution in [-0.2, 0) is 19.4 Å². The lowest BCUT2D eigenvalue weighted by Gasteiger charge is -2.09. The number of nitrogens with zero attached hydrogens (tertiary/aromatic N) is 7. The molecule has 0 saturated heterocycles. The Bertz CT molecular complexity index is 1130. The van der Waals surface area contributed by atoms with Gasteiger partial charge in [-0.05, 0) is 34.4 Å². The second kappa shape index (κ2) is 10.9. The average Bonchev–Trinajstić information content (AvgIpc) is 3.52. The fourth-order valence-corrected chi connectivity index (χ4v) is 4.03. The van der Waals surface area contributed by atoms with Gasteiger partial charge in [0.15, 0.2) is 11.6 Å². The number of pyridine rings is 1. The highest BCUT2D eigenvalue weighted by atomic mass is 15.5. The van der Waals surface area contributed by atoms with Gasteiger partial charge < -0.3 is 0 Å². The summed E-state index contributed by atoms with van der Waals surface area (Å²) in [6.07, 6.45) is 8.41. The standard InChI is InChI=1S/C25H32N8/c1-4-7-12-24-27-23(15-18(5-2)6-3)30-33(24)17-19-13-14-22(26-16-19)20-10-8-9-11-21(20)25-28-31-32-29-25/h8-11,13-14,16,18H,4-7,12,15,17H2,1-3H3,(H,28,29,31,32). The average molecular weight is 445 g/mol. The number of aryl methyl sites for hydroxylation is 1. The van der Waals surface area contributed by atoms with Crippen LogP contribution in [0, 0.1) is 5.92 Å². The number of aromatic nitrogens is 8. The molecule has 3 aromatic heterocycles. The molecule has 8 heteroatoms. The number of hydrogen-bond donors (Lipinski definition) is 1. The molecule has 3 heterocycles. The Morgan fingerprint density at radius 3 is 2.48 bits per heavy atom. The zero-order valence-electron chi connectivity index (χ0n) is 19.7. The van der Waals surface area contributed by atoms with E-state index in [1.807, 2.05) is 36.5 Å². The van der Waals surface area contributed by atoms with Crippen molar-refractivity contribution in [3.8, 4) is 22.6 Å². The molecule has 0 amide bonds. The molecule has 0 aliphatic carbocycles. The molecule has 0 unspecified atom stereocenters. The number of hydrogen-bond acceptors (Lipinski definition) is 6. The van der Waals surface area contributed by atoms with E-state index in [0.29, 0.717) is 18.3 Å². The van der Waals surface area contributed by atoms with Crippen LogP contribution in [0.1, 0.15) is 63.7 Å². The Labute approximate surface area is 194 Å². The van der Waals surface area contributed by atoms with Gasteiger partial charge in [0.2, 0.25) is 0 Å². The fourth-order valence-electron chi connectivity index (χ4n) is 4.03. The molecule has 0 atom stereocenters. The van der Waals surface area contributed by atoms with Gasteiger partial charge in [-0.1, -0.05) is 70.4 Å². The molecule has 0 bridgehead atoms. The maximum atomic E-state index is 4.89. The van der Waals surface area contributed by atoms with Gasteiger partial charge in [0.1, 0.15) is 5.82 Å². The van der Waals surface area contributed by atoms with Gasteiger partial charge >= 0.3 is 0 Å². The molecule has 0 saturated carbocycles. The maximum Gasteiger partial charge on any atom is 0.180 e. The Balaban J connectivity index is 1.55. The summed E-state index contributed by atoms with van der Waals surface area (Å²) in [4.78, 5) is 9.64. The van der Waals surface area contributed by atoms with Gasteiger partial charge in [0.05, 0.1) is 12.2 Å². The molecule has 0 spiro atoms. The van der Waals surface area contributed by atoms with Crippen molar-refractivity contribution in [3.05, 3.63) is 59.8 Å². The van der Waals surface area contributed by atoms with Crippen LogP contribution in [-0.4, -0.2) is 40.4 Å². The lowest BCUT2D eigenvalue weighted by molar-refractivity contribution is 0.476. The molecule has 4 rings (SSSR count). The van der Waals surface area contributed by atoms with Crippen LogP contribution in [0.15, 0.2) is 42.6 Å². The molecule has 0 aliphatic heterocycles. The van der Waals surface area contributed by atoms with E-state index < -0.39 is 0 Å². The van der Waals surface area contributed by atoms with Gasteiger partial charge in [-0.3, -0.25) is 4.98 Å². The second-order valence-electron chi connectivity index (χ2n) is 8.44. The minimum atomic E-state index is 0.629. The zero-order chi connectivity index (χ0) is 23.0. The SMILES string of the molecule is CCCCc1nc(CC(CC)CC)nn1Cc1ccc(-c2ccccc2-c2nnn[nH]2)nc1. The monoisotopic (exact) mass is 444 g/mol. The molecule has 8 nitrogen and oxygen atoms in total. The molecule has 172 valence electrons. The molecule has 33 heavy (non-hydrogen) atoms. The largest absolute Gasteiger partial charge is 0.256 e. The fraction of sp³-hybridized carbons (Fsp3) is 0.440. The summed E-state index contributed by atoms with van der Waals surface area (Å²) in [7, 11) is 0. The number of aromatic amines is 1. The predicted molar refractivity (Wildman–Crippen MR) is 128 cm³/mol. The minimum absolute atomic E-state index is 0.629. The number of nitrogens with one attached hydrogen (secondary N) is 1. The zero-order valence-corrected chi connectivity index (χ0v) is 19.7. The molecular weight excluding hydrogens is 412 g/mol. The smallest absolute Gasteiger partial charge is 0.180 e. The number of H-pyrrole nitrogens is 1. The van der Waals surface area contributed by atoms with Crippen LogP contribution in [0.4, 0.5) is 0 Å². The van der Waals surface area contributed by atoms with Crippen LogP contribution in [0.2, 0.25) is 0 Å². The third-order valence-electron chi connectivity index (χ3n) is 6.13. The third-order valence-corrected chi connectivity index (χ3v) is 6.13. The third kappa shape index (κ3) is 5.50. The normalized spacial score (nSPS) is 11.4. The van der Waals surface area contributed by atoms with Crippen molar-refractivity contribution < 1.29 is 0 Å². The first kappa shape index (κ1) is 22.8. The lowest BCUT2D eigenvalue weighted by atomic mass is 9.99. The van der Waals surface area contributed by atoms with Gasteiger partial charge in [0.25, 0.3) is 0 Å². The quantitative estimate of drug-likeness (QED) is 0.354. The van der Waals surface area contributed by atoms with E-state index in [0.717, 1.165) is 72.6 Å². The van der Waals surface area contributed by atoms with Gasteiger partial charge in [0, 0.05) is 30.2 Å². The number of tetrazole rings is 1. The Kier molecular flexibility index (Phi) is 7.55. The van der Waals surface area contributed by atoms with Gasteiger partial charge in [-0.25, -0.2) is 14.8 Å². The first-order valence-electron chi connectivity index (χ1n) is 11.9.